The molecule has 0 radical (unpaired) electrons. The maximum atomic E-state index is 12.6. The lowest BCUT2D eigenvalue weighted by Crippen LogP contribution is -2.34. The molecule has 1 aromatic carbocycles. The monoisotopic (exact) mass is 434 g/mol. The van der Waals surface area contributed by atoms with E-state index in [2.05, 4.69) is 15.7 Å². The Morgan fingerprint density at radius 3 is 2.93 bits per heavy atom. The lowest BCUT2D eigenvalue weighted by Gasteiger charge is -2.13. The first-order valence-electron chi connectivity index (χ1n) is 9.68. The minimum absolute atomic E-state index is 0.0616. The predicted octanol–water partition coefficient (Wildman–Crippen LogP) is 2.76. The van der Waals surface area contributed by atoms with Crippen LogP contribution in [0.2, 0.25) is 5.02 Å². The van der Waals surface area contributed by atoms with Crippen molar-refractivity contribution in [1.29, 1.82) is 0 Å². The molecule has 2 aromatic rings. The number of benzene rings is 1. The van der Waals surface area contributed by atoms with Crippen molar-refractivity contribution in [3.05, 3.63) is 46.1 Å². The van der Waals surface area contributed by atoms with Crippen LogP contribution in [0.25, 0.3) is 0 Å². The van der Waals surface area contributed by atoms with Gasteiger partial charge in [-0.3, -0.25) is 9.59 Å². The molecule has 0 saturated carbocycles. The summed E-state index contributed by atoms with van der Waals surface area (Å²) in [6, 6.07) is 7.28. The van der Waals surface area contributed by atoms with Crippen LogP contribution in [0.15, 0.2) is 24.3 Å². The number of fused-ring (bicyclic) bond motifs is 1. The number of halogens is 1. The van der Waals surface area contributed by atoms with Crippen LogP contribution in [-0.4, -0.2) is 40.9 Å². The summed E-state index contributed by atoms with van der Waals surface area (Å²) in [5.74, 6) is 1.84. The van der Waals surface area contributed by atoms with Crippen LogP contribution in [0.3, 0.4) is 0 Å². The molecule has 1 atom stereocenters. The Hall–Kier alpha value is -2.03. The summed E-state index contributed by atoms with van der Waals surface area (Å²) in [5.41, 5.74) is 2.68. The van der Waals surface area contributed by atoms with E-state index in [-0.39, 0.29) is 30.9 Å². The second kappa shape index (κ2) is 9.19. The SMILES string of the molecule is O=C(Cn1nc2c(c1NC(=O)Cc1ccccc1Cl)CSC2)NCC1CCCO1. The van der Waals surface area contributed by atoms with E-state index in [4.69, 9.17) is 16.3 Å². The fourth-order valence-electron chi connectivity index (χ4n) is 3.54. The van der Waals surface area contributed by atoms with Crippen LogP contribution >= 0.6 is 23.4 Å². The number of rotatable bonds is 7. The Kier molecular flexibility index (Phi) is 6.42. The van der Waals surface area contributed by atoms with Crippen LogP contribution < -0.4 is 10.6 Å². The topological polar surface area (TPSA) is 85.2 Å². The minimum Gasteiger partial charge on any atom is -0.376 e. The van der Waals surface area contributed by atoms with Gasteiger partial charge in [-0.25, -0.2) is 4.68 Å². The van der Waals surface area contributed by atoms with E-state index in [1.807, 2.05) is 18.2 Å². The smallest absolute Gasteiger partial charge is 0.241 e. The lowest BCUT2D eigenvalue weighted by atomic mass is 10.1. The van der Waals surface area contributed by atoms with Crippen molar-refractivity contribution in [1.82, 2.24) is 15.1 Å². The number of ether oxygens (including phenoxy) is 1. The zero-order chi connectivity index (χ0) is 20.2. The molecule has 2 aliphatic rings. The molecule has 1 unspecified atom stereocenters. The average molecular weight is 435 g/mol. The summed E-state index contributed by atoms with van der Waals surface area (Å²) in [6.45, 7) is 1.32. The Bertz CT molecular complexity index is 911. The molecule has 7 nitrogen and oxygen atoms in total. The van der Waals surface area contributed by atoms with Crippen molar-refractivity contribution < 1.29 is 14.3 Å². The van der Waals surface area contributed by atoms with Gasteiger partial charge in [-0.2, -0.15) is 16.9 Å². The first-order valence-corrected chi connectivity index (χ1v) is 11.2. The van der Waals surface area contributed by atoms with Crippen LogP contribution in [0.4, 0.5) is 5.82 Å². The summed E-state index contributed by atoms with van der Waals surface area (Å²) in [7, 11) is 0. The van der Waals surface area contributed by atoms with E-state index < -0.39 is 0 Å². The quantitative estimate of drug-likeness (QED) is 0.699. The lowest BCUT2D eigenvalue weighted by molar-refractivity contribution is -0.122. The highest BCUT2D eigenvalue weighted by Gasteiger charge is 2.25. The number of amides is 2. The van der Waals surface area contributed by atoms with Crippen LogP contribution in [-0.2, 0) is 38.8 Å². The van der Waals surface area contributed by atoms with Crippen molar-refractivity contribution in [3.63, 3.8) is 0 Å². The van der Waals surface area contributed by atoms with E-state index in [0.29, 0.717) is 17.4 Å². The molecule has 2 amide bonds. The number of anilines is 1. The second-order valence-electron chi connectivity index (χ2n) is 7.18. The van der Waals surface area contributed by atoms with E-state index in [9.17, 15) is 9.59 Å². The summed E-state index contributed by atoms with van der Waals surface area (Å²) in [5, 5.41) is 11.0. The summed E-state index contributed by atoms with van der Waals surface area (Å²) in [6.07, 6.45) is 2.26. The largest absolute Gasteiger partial charge is 0.376 e. The molecule has 0 bridgehead atoms. The van der Waals surface area contributed by atoms with Crippen molar-refractivity contribution in [2.75, 3.05) is 18.5 Å². The first kappa shape index (κ1) is 20.3. The van der Waals surface area contributed by atoms with E-state index in [0.717, 1.165) is 47.8 Å². The zero-order valence-corrected chi connectivity index (χ0v) is 17.5. The summed E-state index contributed by atoms with van der Waals surface area (Å²) < 4.78 is 7.14. The van der Waals surface area contributed by atoms with Crippen molar-refractivity contribution >= 4 is 41.0 Å². The Morgan fingerprint density at radius 1 is 1.28 bits per heavy atom. The third-order valence-corrected chi connectivity index (χ3v) is 6.37. The molecule has 2 aliphatic heterocycles. The number of nitrogens with one attached hydrogen (secondary N) is 2. The Morgan fingerprint density at radius 2 is 2.14 bits per heavy atom. The molecule has 9 heteroatoms. The van der Waals surface area contributed by atoms with Crippen LogP contribution in [0.1, 0.15) is 29.7 Å². The van der Waals surface area contributed by atoms with Gasteiger partial charge in [-0.1, -0.05) is 29.8 Å². The van der Waals surface area contributed by atoms with Gasteiger partial charge in [0.2, 0.25) is 11.8 Å². The summed E-state index contributed by atoms with van der Waals surface area (Å²) >= 11 is 7.92. The number of carbonyl (C=O) groups excluding carboxylic acids is 2. The highest BCUT2D eigenvalue weighted by atomic mass is 35.5. The van der Waals surface area contributed by atoms with Crippen LogP contribution in [0.5, 0.6) is 0 Å². The van der Waals surface area contributed by atoms with Gasteiger partial charge in [-0.05, 0) is 24.5 Å². The number of carbonyl (C=O) groups is 2. The van der Waals surface area contributed by atoms with E-state index in [1.165, 1.54) is 0 Å². The molecular formula is C20H23ClN4O3S. The maximum Gasteiger partial charge on any atom is 0.241 e. The fraction of sp³-hybridized carbons (Fsp3) is 0.450. The number of thioether (sulfide) groups is 1. The molecule has 154 valence electrons. The van der Waals surface area contributed by atoms with Crippen molar-refractivity contribution in [2.24, 2.45) is 0 Å². The first-order chi connectivity index (χ1) is 14.1. The molecule has 0 aliphatic carbocycles. The zero-order valence-electron chi connectivity index (χ0n) is 15.9. The standard InChI is InChI=1S/C20H23ClN4O3S/c21-16-6-2-1-4-13(16)8-18(26)23-20-15-11-29-12-17(15)24-25(20)10-19(27)22-9-14-5-3-7-28-14/h1-2,4,6,14H,3,5,7-12H2,(H,22,27)(H,23,26). The van der Waals surface area contributed by atoms with Crippen molar-refractivity contribution in [2.45, 2.75) is 43.4 Å². The number of hydrogen-bond acceptors (Lipinski definition) is 5. The van der Waals surface area contributed by atoms with E-state index >= 15 is 0 Å². The van der Waals surface area contributed by atoms with Crippen molar-refractivity contribution in [3.8, 4) is 0 Å². The van der Waals surface area contributed by atoms with Gasteiger partial charge in [0.1, 0.15) is 12.4 Å². The molecular weight excluding hydrogens is 412 g/mol. The second-order valence-corrected chi connectivity index (χ2v) is 8.57. The predicted molar refractivity (Wildman–Crippen MR) is 113 cm³/mol. The van der Waals surface area contributed by atoms with Crippen LogP contribution in [0, 0.1) is 0 Å². The van der Waals surface area contributed by atoms with Gasteiger partial charge < -0.3 is 15.4 Å². The molecule has 4 rings (SSSR count). The minimum atomic E-state index is -0.182. The number of hydrogen-bond donors (Lipinski definition) is 2. The molecule has 29 heavy (non-hydrogen) atoms. The molecule has 2 N–H and O–H groups in total. The Labute approximate surface area is 178 Å². The fourth-order valence-corrected chi connectivity index (χ4v) is 4.77. The van der Waals surface area contributed by atoms with Gasteiger partial charge in [0.05, 0.1) is 18.2 Å². The Balaban J connectivity index is 1.42. The van der Waals surface area contributed by atoms with E-state index in [1.54, 1.807) is 22.5 Å². The number of aromatic nitrogens is 2. The van der Waals surface area contributed by atoms with Gasteiger partial charge in [0.15, 0.2) is 0 Å². The van der Waals surface area contributed by atoms with Gasteiger partial charge >= 0.3 is 0 Å². The highest BCUT2D eigenvalue weighted by molar-refractivity contribution is 7.98. The van der Waals surface area contributed by atoms with Gasteiger partial charge in [0, 0.05) is 35.2 Å². The summed E-state index contributed by atoms with van der Waals surface area (Å²) in [4.78, 5) is 25.0. The molecule has 1 aromatic heterocycles. The highest BCUT2D eigenvalue weighted by Crippen LogP contribution is 2.34. The van der Waals surface area contributed by atoms with Gasteiger partial charge in [0.25, 0.3) is 0 Å². The molecule has 0 spiro atoms. The normalized spacial score (nSPS) is 17.9. The third-order valence-electron chi connectivity index (χ3n) is 5.03. The van der Waals surface area contributed by atoms with Gasteiger partial charge in [-0.15, -0.1) is 0 Å². The maximum absolute atomic E-state index is 12.6. The number of nitrogens with zero attached hydrogens (tertiary/aromatic N) is 2. The molecule has 1 fully saturated rings. The third kappa shape index (κ3) is 4.94. The molecule has 3 heterocycles. The molecule has 1 saturated heterocycles. The average Bonchev–Trinajstić information content (AvgIpc) is 3.42.